The van der Waals surface area contributed by atoms with E-state index in [1.807, 2.05) is 0 Å². The van der Waals surface area contributed by atoms with E-state index in [1.54, 1.807) is 0 Å². The third-order valence-electron chi connectivity index (χ3n) is 8.04. The second kappa shape index (κ2) is 31.0. The van der Waals surface area contributed by atoms with Gasteiger partial charge >= 0.3 is 0 Å². The summed E-state index contributed by atoms with van der Waals surface area (Å²) < 4.78 is 0. The molecule has 0 aliphatic carbocycles. The van der Waals surface area contributed by atoms with Crippen LogP contribution in [0.3, 0.4) is 0 Å². The first kappa shape index (κ1) is 34.0. The maximum absolute atomic E-state index is 4.05. The number of hydrogen-bond donors (Lipinski definition) is 0. The predicted molar refractivity (Wildman–Crippen MR) is 159 cm³/mol. The molecule has 1 radical (unpaired) electrons. The van der Waals surface area contributed by atoms with Gasteiger partial charge in [0, 0.05) is 0 Å². The molecule has 0 saturated carbocycles. The molecule has 0 amide bonds. The quantitative estimate of drug-likeness (QED) is 0.0902. The molecule has 0 rings (SSSR count). The van der Waals surface area contributed by atoms with Crippen molar-refractivity contribution in [2.75, 3.05) is 0 Å². The van der Waals surface area contributed by atoms with Crippen LogP contribution < -0.4 is 0 Å². The van der Waals surface area contributed by atoms with Crippen LogP contribution in [0, 0.1) is 12.8 Å². The van der Waals surface area contributed by atoms with Crippen molar-refractivity contribution in [2.24, 2.45) is 5.92 Å². The summed E-state index contributed by atoms with van der Waals surface area (Å²) in [6.45, 7) is 8.67. The zero-order chi connectivity index (χ0) is 24.8. The van der Waals surface area contributed by atoms with Crippen molar-refractivity contribution >= 4 is 0 Å². The van der Waals surface area contributed by atoms with Crippen LogP contribution in [0.2, 0.25) is 0 Å². The highest BCUT2D eigenvalue weighted by atomic mass is 14.1. The monoisotopic (exact) mass is 478 g/mol. The zero-order valence-corrected chi connectivity index (χ0v) is 24.5. The topological polar surface area (TPSA) is 0 Å². The average Bonchev–Trinajstić information content (AvgIpc) is 2.85. The summed E-state index contributed by atoms with van der Waals surface area (Å²) in [6.07, 6.45) is 43.6. The van der Waals surface area contributed by atoms with E-state index in [-0.39, 0.29) is 0 Å². The van der Waals surface area contributed by atoms with Crippen LogP contribution in [0.25, 0.3) is 0 Å². The van der Waals surface area contributed by atoms with Crippen molar-refractivity contribution in [3.63, 3.8) is 0 Å². The van der Waals surface area contributed by atoms with Crippen LogP contribution in [0.1, 0.15) is 206 Å². The normalized spacial score (nSPS) is 11.6. The minimum absolute atomic E-state index is 1.01. The molecule has 0 bridgehead atoms. The van der Waals surface area contributed by atoms with Gasteiger partial charge in [0.1, 0.15) is 0 Å². The van der Waals surface area contributed by atoms with Gasteiger partial charge in [-0.15, -0.1) is 0 Å². The average molecular weight is 478 g/mol. The summed E-state index contributed by atoms with van der Waals surface area (Å²) in [4.78, 5) is 0. The molecule has 0 aliphatic heterocycles. The van der Waals surface area contributed by atoms with Crippen LogP contribution in [0.5, 0.6) is 0 Å². The van der Waals surface area contributed by atoms with Crippen LogP contribution >= 0.6 is 0 Å². The number of hydrogen-bond acceptors (Lipinski definition) is 0. The van der Waals surface area contributed by atoms with Crippen LogP contribution in [0.15, 0.2) is 0 Å². The summed E-state index contributed by atoms with van der Waals surface area (Å²) in [7, 11) is 0. The Labute approximate surface area is 219 Å². The highest BCUT2D eigenvalue weighted by Crippen LogP contribution is 2.24. The number of unbranched alkanes of at least 4 members (excludes halogenated alkanes) is 24. The first-order valence-corrected chi connectivity index (χ1v) is 16.6. The van der Waals surface area contributed by atoms with Crippen molar-refractivity contribution in [3.8, 4) is 0 Å². The number of rotatable bonds is 30. The van der Waals surface area contributed by atoms with Gasteiger partial charge in [-0.25, -0.2) is 0 Å². The lowest BCUT2D eigenvalue weighted by molar-refractivity contribution is 0.368. The van der Waals surface area contributed by atoms with E-state index in [0.717, 1.165) is 12.3 Å². The second-order valence-corrected chi connectivity index (χ2v) is 11.6. The van der Waals surface area contributed by atoms with E-state index in [4.69, 9.17) is 0 Å². The van der Waals surface area contributed by atoms with Crippen molar-refractivity contribution in [3.05, 3.63) is 6.92 Å². The van der Waals surface area contributed by atoms with Crippen molar-refractivity contribution < 1.29 is 0 Å². The Morgan fingerprint density at radius 2 is 0.559 bits per heavy atom. The van der Waals surface area contributed by atoms with Crippen molar-refractivity contribution in [1.29, 1.82) is 0 Å². The molecule has 0 fully saturated rings. The fourth-order valence-electron chi connectivity index (χ4n) is 5.59. The molecule has 0 aromatic heterocycles. The first-order chi connectivity index (χ1) is 16.8. The molecule has 0 spiro atoms. The Hall–Kier alpha value is 0. The molecule has 0 N–H and O–H groups in total. The summed E-state index contributed by atoms with van der Waals surface area (Å²) in [5.74, 6) is 1.01. The van der Waals surface area contributed by atoms with Crippen molar-refractivity contribution in [1.82, 2.24) is 0 Å². The van der Waals surface area contributed by atoms with Crippen LogP contribution in [-0.4, -0.2) is 0 Å². The molecule has 0 aliphatic rings. The van der Waals surface area contributed by atoms with Crippen molar-refractivity contribution in [2.45, 2.75) is 206 Å². The van der Waals surface area contributed by atoms with E-state index in [9.17, 15) is 0 Å². The first-order valence-electron chi connectivity index (χ1n) is 16.6. The molecule has 0 atom stereocenters. The Kier molecular flexibility index (Phi) is 31.0. The predicted octanol–water partition coefficient (Wildman–Crippen LogP) is 13.2. The Balaban J connectivity index is 3.58. The van der Waals surface area contributed by atoms with Gasteiger partial charge in [0.2, 0.25) is 0 Å². The lowest BCUT2D eigenvalue weighted by Crippen LogP contribution is -2.01. The van der Waals surface area contributed by atoms with E-state index >= 15 is 0 Å². The molecule has 0 aromatic carbocycles. The molecule has 205 valence electrons. The molecule has 0 saturated heterocycles. The molecule has 0 heteroatoms. The summed E-state index contributed by atoms with van der Waals surface area (Å²) in [5, 5.41) is 0. The van der Waals surface area contributed by atoms with Gasteiger partial charge in [-0.05, 0) is 5.92 Å². The third-order valence-corrected chi connectivity index (χ3v) is 8.04. The lowest BCUT2D eigenvalue weighted by atomic mass is 9.89. The van der Waals surface area contributed by atoms with Gasteiger partial charge in [-0.2, -0.15) is 0 Å². The highest BCUT2D eigenvalue weighted by Gasteiger charge is 2.08. The molecule has 0 aromatic rings. The van der Waals surface area contributed by atoms with E-state index in [1.165, 1.54) is 186 Å². The van der Waals surface area contributed by atoms with Gasteiger partial charge in [-0.3, -0.25) is 0 Å². The standard InChI is InChI=1S/C34H69/c1-4-7-10-12-14-16-18-20-22-24-26-29-32-34(31-28-9-6-3)33-30-27-25-23-21-19-17-15-13-11-8-5-2/h34H,3-33H2,1-2H3. The van der Waals surface area contributed by atoms with E-state index < -0.39 is 0 Å². The van der Waals surface area contributed by atoms with Crippen LogP contribution in [-0.2, 0) is 0 Å². The maximum atomic E-state index is 4.05. The molecular weight excluding hydrogens is 408 g/mol. The van der Waals surface area contributed by atoms with Gasteiger partial charge in [-0.1, -0.05) is 213 Å². The Morgan fingerprint density at radius 1 is 0.324 bits per heavy atom. The Morgan fingerprint density at radius 3 is 0.824 bits per heavy atom. The summed E-state index contributed by atoms with van der Waals surface area (Å²) in [6, 6.07) is 0. The largest absolute Gasteiger partial charge is 0.0654 e. The molecule has 0 unspecified atom stereocenters. The summed E-state index contributed by atoms with van der Waals surface area (Å²) in [5.41, 5.74) is 0. The fraction of sp³-hybridized carbons (Fsp3) is 0.971. The minimum Gasteiger partial charge on any atom is -0.0654 e. The molecule has 0 heterocycles. The van der Waals surface area contributed by atoms with Crippen LogP contribution in [0.4, 0.5) is 0 Å². The second-order valence-electron chi connectivity index (χ2n) is 11.6. The lowest BCUT2D eigenvalue weighted by Gasteiger charge is -2.17. The molecule has 34 heavy (non-hydrogen) atoms. The third kappa shape index (κ3) is 28.2. The minimum atomic E-state index is 1.01. The zero-order valence-electron chi connectivity index (χ0n) is 24.5. The van der Waals surface area contributed by atoms with Gasteiger partial charge in [0.25, 0.3) is 0 Å². The van der Waals surface area contributed by atoms with E-state index in [2.05, 4.69) is 20.8 Å². The summed E-state index contributed by atoms with van der Waals surface area (Å²) >= 11 is 0. The highest BCUT2D eigenvalue weighted by molar-refractivity contribution is 4.62. The molecule has 0 nitrogen and oxygen atoms in total. The SMILES string of the molecule is [CH2]CCCCC(CCCCCCCCCCCCCC)CCCCCCCCCCCCCC. The smallest absolute Gasteiger partial charge is 0.0414 e. The van der Waals surface area contributed by atoms with Gasteiger partial charge in [0.05, 0.1) is 0 Å². The maximum Gasteiger partial charge on any atom is -0.0414 e. The van der Waals surface area contributed by atoms with Gasteiger partial charge in [0.15, 0.2) is 0 Å². The molecular formula is C34H69. The van der Waals surface area contributed by atoms with Gasteiger partial charge < -0.3 is 0 Å². The fourth-order valence-corrected chi connectivity index (χ4v) is 5.59. The Bertz CT molecular complexity index is 305. The van der Waals surface area contributed by atoms with E-state index in [0.29, 0.717) is 0 Å².